The molecule has 110 valence electrons. The molecule has 0 atom stereocenters. The Bertz CT molecular complexity index is 496. The highest BCUT2D eigenvalue weighted by molar-refractivity contribution is 6.30. The summed E-state index contributed by atoms with van der Waals surface area (Å²) < 4.78 is 0. The Morgan fingerprint density at radius 1 is 1.55 bits per heavy atom. The molecule has 0 aromatic carbocycles. The van der Waals surface area contributed by atoms with Crippen molar-refractivity contribution in [2.75, 3.05) is 11.9 Å². The van der Waals surface area contributed by atoms with E-state index in [9.17, 15) is 4.79 Å². The smallest absolute Gasteiger partial charge is 0.231 e. The lowest BCUT2D eigenvalue weighted by Gasteiger charge is -2.37. The molecule has 1 aromatic heterocycles. The van der Waals surface area contributed by atoms with E-state index in [4.69, 9.17) is 17.3 Å². The van der Waals surface area contributed by atoms with Crippen molar-refractivity contribution in [2.45, 2.75) is 39.5 Å². The minimum atomic E-state index is -0.431. The van der Waals surface area contributed by atoms with Gasteiger partial charge in [-0.1, -0.05) is 18.5 Å². The van der Waals surface area contributed by atoms with E-state index in [1.54, 1.807) is 6.20 Å². The predicted molar refractivity (Wildman–Crippen MR) is 81.7 cm³/mol. The zero-order valence-electron chi connectivity index (χ0n) is 12.1. The Morgan fingerprint density at radius 3 is 2.75 bits per heavy atom. The van der Waals surface area contributed by atoms with E-state index in [-0.39, 0.29) is 5.91 Å². The molecule has 1 heterocycles. The van der Waals surface area contributed by atoms with Gasteiger partial charge in [0.15, 0.2) is 0 Å². The molecule has 1 fully saturated rings. The van der Waals surface area contributed by atoms with Gasteiger partial charge in [-0.15, -0.1) is 0 Å². The van der Waals surface area contributed by atoms with Gasteiger partial charge in [-0.05, 0) is 50.2 Å². The summed E-state index contributed by atoms with van der Waals surface area (Å²) in [5, 5.41) is 3.41. The van der Waals surface area contributed by atoms with Crippen LogP contribution in [-0.2, 0) is 4.79 Å². The number of amides is 1. The van der Waals surface area contributed by atoms with Crippen molar-refractivity contribution >= 4 is 23.2 Å². The molecule has 0 saturated heterocycles. The van der Waals surface area contributed by atoms with Gasteiger partial charge >= 0.3 is 0 Å². The van der Waals surface area contributed by atoms with Crippen LogP contribution in [0.5, 0.6) is 0 Å². The first-order chi connectivity index (χ1) is 9.47. The van der Waals surface area contributed by atoms with Crippen molar-refractivity contribution < 1.29 is 4.79 Å². The number of hydrogen-bond acceptors (Lipinski definition) is 3. The molecule has 1 aliphatic rings. The molecule has 1 aromatic rings. The number of nitrogens with zero attached hydrogens (tertiary/aromatic N) is 1. The van der Waals surface area contributed by atoms with Crippen molar-refractivity contribution in [3.05, 3.63) is 23.0 Å². The maximum Gasteiger partial charge on any atom is 0.231 e. The zero-order chi connectivity index (χ0) is 14.8. The molecule has 0 unspecified atom stereocenters. The van der Waals surface area contributed by atoms with Crippen LogP contribution in [0.4, 0.5) is 5.69 Å². The average Bonchev–Trinajstić information content (AvgIpc) is 2.44. The molecule has 0 radical (unpaired) electrons. The molecule has 4 nitrogen and oxygen atoms in total. The van der Waals surface area contributed by atoms with Crippen LogP contribution in [0.3, 0.4) is 0 Å². The third-order valence-corrected chi connectivity index (χ3v) is 4.77. The number of aromatic nitrogens is 1. The standard InChI is InChI=1S/C15H22ClN3O/c1-10-3-5-15(9-17,6-4-10)14(20)19-12-7-11(2)13(16)18-8-12/h7-8,10H,3-6,9,17H2,1-2H3,(H,19,20). The Hall–Kier alpha value is -1.13. The summed E-state index contributed by atoms with van der Waals surface area (Å²) in [5.41, 5.74) is 7.00. The number of nitrogens with one attached hydrogen (secondary N) is 1. The molecule has 0 spiro atoms. The van der Waals surface area contributed by atoms with Gasteiger partial charge in [0.05, 0.1) is 17.3 Å². The number of halogens is 1. The van der Waals surface area contributed by atoms with Crippen molar-refractivity contribution in [3.63, 3.8) is 0 Å². The van der Waals surface area contributed by atoms with Gasteiger partial charge in [0.25, 0.3) is 0 Å². The molecule has 5 heteroatoms. The first-order valence-electron chi connectivity index (χ1n) is 7.10. The van der Waals surface area contributed by atoms with Crippen LogP contribution in [0.2, 0.25) is 5.15 Å². The van der Waals surface area contributed by atoms with Crippen molar-refractivity contribution in [3.8, 4) is 0 Å². The Balaban J connectivity index is 2.11. The highest BCUT2D eigenvalue weighted by atomic mass is 35.5. The van der Waals surface area contributed by atoms with E-state index in [2.05, 4.69) is 17.2 Å². The summed E-state index contributed by atoms with van der Waals surface area (Å²) in [7, 11) is 0. The van der Waals surface area contributed by atoms with E-state index in [0.717, 1.165) is 31.2 Å². The fourth-order valence-electron chi connectivity index (χ4n) is 2.73. The number of carbonyl (C=O) groups excluding carboxylic acids is 1. The minimum Gasteiger partial charge on any atom is -0.329 e. The summed E-state index contributed by atoms with van der Waals surface area (Å²) in [4.78, 5) is 16.6. The van der Waals surface area contributed by atoms with Gasteiger partial charge in [-0.25, -0.2) is 4.98 Å². The maximum atomic E-state index is 12.6. The SMILES string of the molecule is Cc1cc(NC(=O)C2(CN)CCC(C)CC2)cnc1Cl. The predicted octanol–water partition coefficient (Wildman–Crippen LogP) is 3.14. The van der Waals surface area contributed by atoms with E-state index < -0.39 is 5.41 Å². The molecule has 0 bridgehead atoms. The molecular formula is C15H22ClN3O. The second-order valence-corrected chi connectivity index (χ2v) is 6.31. The average molecular weight is 296 g/mol. The van der Waals surface area contributed by atoms with E-state index in [1.807, 2.05) is 13.0 Å². The minimum absolute atomic E-state index is 0.00965. The Kier molecular flexibility index (Phi) is 4.66. The van der Waals surface area contributed by atoms with Gasteiger partial charge in [-0.3, -0.25) is 4.79 Å². The van der Waals surface area contributed by atoms with Gasteiger partial charge in [0, 0.05) is 6.54 Å². The summed E-state index contributed by atoms with van der Waals surface area (Å²) in [6, 6.07) is 1.84. The van der Waals surface area contributed by atoms with E-state index in [0.29, 0.717) is 23.3 Å². The normalized spacial score (nSPS) is 26.3. The number of aryl methyl sites for hydroxylation is 1. The van der Waals surface area contributed by atoms with Crippen molar-refractivity contribution in [1.29, 1.82) is 0 Å². The molecule has 1 saturated carbocycles. The number of nitrogens with two attached hydrogens (primary N) is 1. The highest BCUT2D eigenvalue weighted by Gasteiger charge is 2.39. The van der Waals surface area contributed by atoms with Crippen LogP contribution in [0.25, 0.3) is 0 Å². The lowest BCUT2D eigenvalue weighted by Crippen LogP contribution is -2.44. The van der Waals surface area contributed by atoms with Crippen LogP contribution in [-0.4, -0.2) is 17.4 Å². The lowest BCUT2D eigenvalue weighted by molar-refractivity contribution is -0.127. The molecule has 2 rings (SSSR count). The van der Waals surface area contributed by atoms with Crippen LogP contribution < -0.4 is 11.1 Å². The Labute approximate surface area is 125 Å². The molecular weight excluding hydrogens is 274 g/mol. The first kappa shape index (κ1) is 15.3. The highest BCUT2D eigenvalue weighted by Crippen LogP contribution is 2.39. The topological polar surface area (TPSA) is 68.0 Å². The van der Waals surface area contributed by atoms with Crippen LogP contribution in [0.1, 0.15) is 38.2 Å². The van der Waals surface area contributed by atoms with Crippen LogP contribution in [0, 0.1) is 18.3 Å². The van der Waals surface area contributed by atoms with E-state index in [1.165, 1.54) is 0 Å². The fraction of sp³-hybridized carbons (Fsp3) is 0.600. The van der Waals surface area contributed by atoms with Crippen LogP contribution >= 0.6 is 11.6 Å². The number of rotatable bonds is 3. The second-order valence-electron chi connectivity index (χ2n) is 5.95. The zero-order valence-corrected chi connectivity index (χ0v) is 12.8. The maximum absolute atomic E-state index is 12.6. The van der Waals surface area contributed by atoms with Crippen molar-refractivity contribution in [1.82, 2.24) is 4.98 Å². The van der Waals surface area contributed by atoms with Crippen LogP contribution in [0.15, 0.2) is 12.3 Å². The summed E-state index contributed by atoms with van der Waals surface area (Å²) >= 11 is 5.89. The molecule has 1 amide bonds. The van der Waals surface area contributed by atoms with Gasteiger partial charge in [-0.2, -0.15) is 0 Å². The molecule has 3 N–H and O–H groups in total. The van der Waals surface area contributed by atoms with Gasteiger partial charge < -0.3 is 11.1 Å². The van der Waals surface area contributed by atoms with E-state index >= 15 is 0 Å². The Morgan fingerprint density at radius 2 is 2.20 bits per heavy atom. The van der Waals surface area contributed by atoms with Crippen molar-refractivity contribution in [2.24, 2.45) is 17.1 Å². The quantitative estimate of drug-likeness (QED) is 0.842. The summed E-state index contributed by atoms with van der Waals surface area (Å²) in [6.07, 6.45) is 5.42. The van der Waals surface area contributed by atoms with Gasteiger partial charge in [0.1, 0.15) is 5.15 Å². The molecule has 0 aliphatic heterocycles. The summed E-state index contributed by atoms with van der Waals surface area (Å²) in [6.45, 7) is 4.49. The van der Waals surface area contributed by atoms with Gasteiger partial charge in [0.2, 0.25) is 5.91 Å². The number of carbonyl (C=O) groups is 1. The number of hydrogen-bond donors (Lipinski definition) is 2. The first-order valence-corrected chi connectivity index (χ1v) is 7.48. The summed E-state index contributed by atoms with van der Waals surface area (Å²) in [5.74, 6) is 0.692. The third-order valence-electron chi connectivity index (χ3n) is 4.38. The largest absolute Gasteiger partial charge is 0.329 e. The number of anilines is 1. The second kappa shape index (κ2) is 6.10. The molecule has 1 aliphatic carbocycles. The lowest BCUT2D eigenvalue weighted by atomic mass is 9.70. The monoisotopic (exact) mass is 295 g/mol. The number of pyridine rings is 1. The fourth-order valence-corrected chi connectivity index (χ4v) is 2.83. The molecule has 20 heavy (non-hydrogen) atoms. The third kappa shape index (κ3) is 3.13.